The van der Waals surface area contributed by atoms with Crippen LogP contribution < -0.4 is 5.32 Å². The Hall–Kier alpha value is -1.07. The molecule has 1 aliphatic rings. The van der Waals surface area contributed by atoms with Crippen molar-refractivity contribution < 1.29 is 4.39 Å². The van der Waals surface area contributed by atoms with E-state index in [9.17, 15) is 4.39 Å². The number of imidazole rings is 1. The third-order valence-electron chi connectivity index (χ3n) is 2.74. The van der Waals surface area contributed by atoms with Gasteiger partial charge in [0.2, 0.25) is 0 Å². The zero-order valence-electron chi connectivity index (χ0n) is 8.69. The Kier molecular flexibility index (Phi) is 2.57. The van der Waals surface area contributed by atoms with Crippen LogP contribution in [0.15, 0.2) is 24.4 Å². The first-order chi connectivity index (χ1) is 7.84. The zero-order valence-corrected chi connectivity index (χ0v) is 9.51. The van der Waals surface area contributed by atoms with Crippen molar-refractivity contribution in [3.05, 3.63) is 36.0 Å². The molecule has 16 heavy (non-hydrogen) atoms. The van der Waals surface area contributed by atoms with Gasteiger partial charge < -0.3 is 5.32 Å². The number of halogens is 1. The molecule has 0 amide bonds. The van der Waals surface area contributed by atoms with Crippen LogP contribution in [-0.4, -0.2) is 27.4 Å². The van der Waals surface area contributed by atoms with Crippen LogP contribution in [0.1, 0.15) is 11.7 Å². The molecule has 0 aromatic carbocycles. The highest BCUT2D eigenvalue weighted by molar-refractivity contribution is 7.99. The van der Waals surface area contributed by atoms with Crippen molar-refractivity contribution in [2.24, 2.45) is 0 Å². The monoisotopic (exact) mass is 237 g/mol. The van der Waals surface area contributed by atoms with E-state index in [2.05, 4.69) is 10.3 Å². The summed E-state index contributed by atoms with van der Waals surface area (Å²) in [6, 6.07) is 5.20. The fraction of sp³-hybridized carbons (Fsp3) is 0.364. The minimum absolute atomic E-state index is 0.248. The summed E-state index contributed by atoms with van der Waals surface area (Å²) < 4.78 is 15.0. The molecule has 1 N–H and O–H groups in total. The van der Waals surface area contributed by atoms with E-state index in [4.69, 9.17) is 0 Å². The number of rotatable bonds is 1. The van der Waals surface area contributed by atoms with Crippen LogP contribution in [0.25, 0.3) is 5.65 Å². The molecule has 3 rings (SSSR count). The molecule has 84 valence electrons. The van der Waals surface area contributed by atoms with Crippen molar-refractivity contribution in [1.82, 2.24) is 14.7 Å². The fourth-order valence-electron chi connectivity index (χ4n) is 1.92. The molecule has 5 heteroatoms. The Balaban J connectivity index is 2.01. The molecular formula is C11H12FN3S. The van der Waals surface area contributed by atoms with Crippen LogP contribution in [0.2, 0.25) is 0 Å². The van der Waals surface area contributed by atoms with Gasteiger partial charge in [-0.25, -0.2) is 4.98 Å². The largest absolute Gasteiger partial charge is 0.307 e. The predicted molar refractivity (Wildman–Crippen MR) is 63.2 cm³/mol. The summed E-state index contributed by atoms with van der Waals surface area (Å²) in [5.41, 5.74) is 1.60. The third-order valence-corrected chi connectivity index (χ3v) is 3.80. The quantitative estimate of drug-likeness (QED) is 0.768. The molecule has 0 bridgehead atoms. The van der Waals surface area contributed by atoms with E-state index >= 15 is 0 Å². The number of hydrogen-bond acceptors (Lipinski definition) is 3. The number of aromatic nitrogens is 2. The van der Waals surface area contributed by atoms with Crippen molar-refractivity contribution in [1.29, 1.82) is 0 Å². The summed E-state index contributed by atoms with van der Waals surface area (Å²) in [7, 11) is 0. The average Bonchev–Trinajstić information content (AvgIpc) is 2.76. The maximum atomic E-state index is 13.5. The number of fused-ring (bicyclic) bond motifs is 1. The zero-order chi connectivity index (χ0) is 11.0. The maximum Gasteiger partial charge on any atom is 0.199 e. The minimum atomic E-state index is -0.264. The molecule has 2 aromatic heterocycles. The van der Waals surface area contributed by atoms with Crippen molar-refractivity contribution in [3.8, 4) is 0 Å². The van der Waals surface area contributed by atoms with Crippen molar-refractivity contribution in [2.45, 2.75) is 6.04 Å². The van der Waals surface area contributed by atoms with E-state index in [1.807, 2.05) is 17.8 Å². The standard InChI is InChI=1S/C11H12FN3S/c12-10-2-1-3-11-14-8(6-15(10)11)9-7-16-5-4-13-9/h1-3,6,9,13H,4-5,7H2. The smallest absolute Gasteiger partial charge is 0.199 e. The maximum absolute atomic E-state index is 13.5. The molecular weight excluding hydrogens is 225 g/mol. The first kappa shape index (κ1) is 10.1. The normalized spacial score (nSPS) is 21.4. The topological polar surface area (TPSA) is 29.3 Å². The second-order valence-corrected chi connectivity index (χ2v) is 4.97. The summed E-state index contributed by atoms with van der Waals surface area (Å²) in [6.07, 6.45) is 1.79. The van der Waals surface area contributed by atoms with Gasteiger partial charge in [0.15, 0.2) is 5.95 Å². The second-order valence-electron chi connectivity index (χ2n) is 3.82. The first-order valence-electron chi connectivity index (χ1n) is 5.29. The highest BCUT2D eigenvalue weighted by Crippen LogP contribution is 2.21. The molecule has 1 saturated heterocycles. The molecule has 1 fully saturated rings. The molecule has 2 aromatic rings. The fourth-order valence-corrected chi connectivity index (χ4v) is 2.87. The minimum Gasteiger partial charge on any atom is -0.307 e. The lowest BCUT2D eigenvalue weighted by Gasteiger charge is -2.20. The summed E-state index contributed by atoms with van der Waals surface area (Å²) in [5, 5.41) is 3.40. The summed E-state index contributed by atoms with van der Waals surface area (Å²) in [6.45, 7) is 0.992. The number of thioether (sulfide) groups is 1. The Bertz CT molecular complexity index is 505. The number of hydrogen-bond donors (Lipinski definition) is 1. The lowest BCUT2D eigenvalue weighted by Crippen LogP contribution is -2.30. The second kappa shape index (κ2) is 4.07. The van der Waals surface area contributed by atoms with E-state index in [1.54, 1.807) is 12.3 Å². The number of pyridine rings is 1. The van der Waals surface area contributed by atoms with Gasteiger partial charge >= 0.3 is 0 Å². The summed E-state index contributed by atoms with van der Waals surface area (Å²) >= 11 is 1.91. The van der Waals surface area contributed by atoms with Crippen LogP contribution in [0.3, 0.4) is 0 Å². The molecule has 1 atom stereocenters. The van der Waals surface area contributed by atoms with Gasteiger partial charge in [-0.3, -0.25) is 4.40 Å². The molecule has 0 spiro atoms. The van der Waals surface area contributed by atoms with Crippen molar-refractivity contribution in [3.63, 3.8) is 0 Å². The lowest BCUT2D eigenvalue weighted by atomic mass is 10.2. The molecule has 3 nitrogen and oxygen atoms in total. The molecule has 1 unspecified atom stereocenters. The van der Waals surface area contributed by atoms with E-state index in [-0.39, 0.29) is 12.0 Å². The van der Waals surface area contributed by atoms with E-state index < -0.39 is 0 Å². The van der Waals surface area contributed by atoms with Gasteiger partial charge in [-0.15, -0.1) is 0 Å². The Morgan fingerprint density at radius 2 is 2.44 bits per heavy atom. The van der Waals surface area contributed by atoms with Gasteiger partial charge in [-0.2, -0.15) is 16.2 Å². The van der Waals surface area contributed by atoms with Gasteiger partial charge in [-0.05, 0) is 12.1 Å². The molecule has 0 saturated carbocycles. The Morgan fingerprint density at radius 3 is 3.19 bits per heavy atom. The van der Waals surface area contributed by atoms with Crippen LogP contribution >= 0.6 is 11.8 Å². The van der Waals surface area contributed by atoms with Crippen molar-refractivity contribution >= 4 is 17.4 Å². The van der Waals surface area contributed by atoms with Crippen LogP contribution in [0.4, 0.5) is 4.39 Å². The highest BCUT2D eigenvalue weighted by Gasteiger charge is 2.18. The number of nitrogens with zero attached hydrogens (tertiary/aromatic N) is 2. The summed E-state index contributed by atoms with van der Waals surface area (Å²) in [4.78, 5) is 4.44. The van der Waals surface area contributed by atoms with Gasteiger partial charge in [-0.1, -0.05) is 6.07 Å². The first-order valence-corrected chi connectivity index (χ1v) is 6.45. The average molecular weight is 237 g/mol. The summed E-state index contributed by atoms with van der Waals surface area (Å²) in [5.74, 6) is 1.88. The van der Waals surface area contributed by atoms with E-state index in [0.29, 0.717) is 5.65 Å². The van der Waals surface area contributed by atoms with Gasteiger partial charge in [0.25, 0.3) is 0 Å². The lowest BCUT2D eigenvalue weighted by molar-refractivity contribution is 0.563. The Morgan fingerprint density at radius 1 is 1.50 bits per heavy atom. The van der Waals surface area contributed by atoms with Crippen LogP contribution in [-0.2, 0) is 0 Å². The van der Waals surface area contributed by atoms with Crippen LogP contribution in [0.5, 0.6) is 0 Å². The third kappa shape index (κ3) is 1.70. The predicted octanol–water partition coefficient (Wildman–Crippen LogP) is 1.85. The SMILES string of the molecule is Fc1cccc2nc(C3CSCCN3)cn12. The van der Waals surface area contributed by atoms with Gasteiger partial charge in [0.1, 0.15) is 5.65 Å². The highest BCUT2D eigenvalue weighted by atomic mass is 32.2. The molecule has 3 heterocycles. The van der Waals surface area contributed by atoms with Crippen LogP contribution in [0, 0.1) is 5.95 Å². The van der Waals surface area contributed by atoms with Gasteiger partial charge in [0, 0.05) is 24.2 Å². The van der Waals surface area contributed by atoms with Crippen molar-refractivity contribution in [2.75, 3.05) is 18.1 Å². The van der Waals surface area contributed by atoms with E-state index in [1.165, 1.54) is 10.5 Å². The number of nitrogens with one attached hydrogen (secondary N) is 1. The molecule has 0 aliphatic carbocycles. The Labute approximate surface area is 97.1 Å². The molecule has 0 radical (unpaired) electrons. The van der Waals surface area contributed by atoms with E-state index in [0.717, 1.165) is 23.7 Å². The molecule has 1 aliphatic heterocycles. The van der Waals surface area contributed by atoms with Gasteiger partial charge in [0.05, 0.1) is 11.7 Å².